The lowest BCUT2D eigenvalue weighted by atomic mass is 9.95. The van der Waals surface area contributed by atoms with Crippen molar-refractivity contribution in [3.8, 4) is 55.6 Å². The molecule has 9 rings (SSSR count). The second-order valence-electron chi connectivity index (χ2n) is 13.1. The van der Waals surface area contributed by atoms with Gasteiger partial charge >= 0.3 is 0 Å². The van der Waals surface area contributed by atoms with Gasteiger partial charge in [0.2, 0.25) is 0 Å². The van der Waals surface area contributed by atoms with Crippen molar-refractivity contribution < 1.29 is 5.48 Å². The van der Waals surface area contributed by atoms with Crippen molar-refractivity contribution in [1.82, 2.24) is 0 Å². The van der Waals surface area contributed by atoms with Crippen LogP contribution < -0.4 is 4.90 Å². The zero-order valence-corrected chi connectivity index (χ0v) is 29.0. The summed E-state index contributed by atoms with van der Waals surface area (Å²) in [6.07, 6.45) is 0. The van der Waals surface area contributed by atoms with Gasteiger partial charge in [-0.1, -0.05) is 176 Å². The second kappa shape index (κ2) is 14.3. The van der Waals surface area contributed by atoms with Crippen molar-refractivity contribution >= 4 is 27.8 Å². The summed E-state index contributed by atoms with van der Waals surface area (Å²) in [5.74, 6) is 0. The summed E-state index contributed by atoms with van der Waals surface area (Å²) in [5.41, 5.74) is 11.3. The molecule has 0 atom stereocenters. The van der Waals surface area contributed by atoms with Crippen molar-refractivity contribution in [2.24, 2.45) is 0 Å². The van der Waals surface area contributed by atoms with Crippen LogP contribution in [-0.4, -0.2) is 0 Å². The molecule has 0 saturated carbocycles. The number of nitrogens with zero attached hydrogens (tertiary/aromatic N) is 1. The van der Waals surface area contributed by atoms with Crippen molar-refractivity contribution in [1.29, 1.82) is 0 Å². The SMILES string of the molecule is [2H]c1c([2H])c(N(c2ccc(-c3cccc(-c4ccccc4)c3)cc2)c2ccc(-c3cccc(-c4cccc5ccccc45)c3)cc2)c([2H])c([2H])c1-c1ccccc1. The van der Waals surface area contributed by atoms with Gasteiger partial charge in [-0.05, 0) is 115 Å². The van der Waals surface area contributed by atoms with Gasteiger partial charge in [0, 0.05) is 17.1 Å². The quantitative estimate of drug-likeness (QED) is 0.154. The van der Waals surface area contributed by atoms with E-state index >= 15 is 0 Å². The van der Waals surface area contributed by atoms with Crippen molar-refractivity contribution in [2.45, 2.75) is 0 Å². The molecular formula is C52H37N. The molecule has 0 saturated heterocycles. The van der Waals surface area contributed by atoms with Gasteiger partial charge in [-0.25, -0.2) is 0 Å². The molecule has 1 nitrogen and oxygen atoms in total. The fourth-order valence-corrected chi connectivity index (χ4v) is 7.03. The predicted molar refractivity (Wildman–Crippen MR) is 226 cm³/mol. The molecule has 0 N–H and O–H groups in total. The van der Waals surface area contributed by atoms with E-state index in [4.69, 9.17) is 2.74 Å². The van der Waals surface area contributed by atoms with Crippen LogP contribution in [0.1, 0.15) is 5.48 Å². The molecule has 0 aromatic heterocycles. The molecule has 9 aromatic carbocycles. The summed E-state index contributed by atoms with van der Waals surface area (Å²) in [6, 6.07) is 67.1. The van der Waals surface area contributed by atoms with Gasteiger partial charge in [0.05, 0.1) is 5.48 Å². The van der Waals surface area contributed by atoms with Crippen LogP contribution in [0.25, 0.3) is 66.4 Å². The molecule has 0 spiro atoms. The van der Waals surface area contributed by atoms with Gasteiger partial charge in [0.25, 0.3) is 0 Å². The van der Waals surface area contributed by atoms with E-state index in [-0.39, 0.29) is 35.4 Å². The van der Waals surface area contributed by atoms with Crippen LogP contribution in [0, 0.1) is 0 Å². The van der Waals surface area contributed by atoms with Crippen LogP contribution in [0.2, 0.25) is 0 Å². The molecular weight excluding hydrogens is 639 g/mol. The lowest BCUT2D eigenvalue weighted by Gasteiger charge is -2.26. The first-order valence-electron chi connectivity index (χ1n) is 19.8. The third kappa shape index (κ3) is 6.65. The lowest BCUT2D eigenvalue weighted by Crippen LogP contribution is -2.09. The van der Waals surface area contributed by atoms with E-state index in [1.165, 1.54) is 16.3 Å². The molecule has 9 aromatic rings. The molecule has 250 valence electrons. The number of hydrogen-bond donors (Lipinski definition) is 0. The van der Waals surface area contributed by atoms with E-state index in [1.54, 1.807) is 0 Å². The van der Waals surface area contributed by atoms with Gasteiger partial charge in [-0.15, -0.1) is 0 Å². The standard InChI is InChI=1S/C52H37N/c1-3-12-38(13-4-1)40-24-30-48(31-25-40)53(49-32-26-41(27-33-49)45-19-9-18-44(36-45)39-14-5-2-6-15-39)50-34-28-42(29-35-50)46-20-10-21-47(37-46)52-23-11-17-43-16-7-8-22-51(43)52/h1-37H/i24D,25D,30D,31D. The maximum atomic E-state index is 9.34. The van der Waals surface area contributed by atoms with Gasteiger partial charge in [0.1, 0.15) is 0 Å². The third-order valence-corrected chi connectivity index (χ3v) is 9.75. The molecule has 0 aliphatic carbocycles. The third-order valence-electron chi connectivity index (χ3n) is 9.75. The zero-order valence-electron chi connectivity index (χ0n) is 33.0. The van der Waals surface area contributed by atoms with E-state index in [9.17, 15) is 2.74 Å². The highest BCUT2D eigenvalue weighted by Crippen LogP contribution is 2.39. The first-order valence-corrected chi connectivity index (χ1v) is 17.8. The van der Waals surface area contributed by atoms with Crippen molar-refractivity contribution in [3.05, 3.63) is 224 Å². The molecule has 0 amide bonds. The van der Waals surface area contributed by atoms with E-state index in [0.717, 1.165) is 50.3 Å². The smallest absolute Gasteiger partial charge is 0.0645 e. The van der Waals surface area contributed by atoms with Gasteiger partial charge < -0.3 is 4.90 Å². The summed E-state index contributed by atoms with van der Waals surface area (Å²) < 4.78 is 37.0. The van der Waals surface area contributed by atoms with Crippen LogP contribution in [0.3, 0.4) is 0 Å². The fourth-order valence-electron chi connectivity index (χ4n) is 7.03. The first kappa shape index (κ1) is 27.7. The van der Waals surface area contributed by atoms with E-state index in [2.05, 4.69) is 115 Å². The minimum atomic E-state index is -0.110. The van der Waals surface area contributed by atoms with Gasteiger partial charge in [-0.2, -0.15) is 0 Å². The summed E-state index contributed by atoms with van der Waals surface area (Å²) in [7, 11) is 0. The Morgan fingerprint density at radius 3 is 1.28 bits per heavy atom. The van der Waals surface area contributed by atoms with E-state index < -0.39 is 0 Å². The normalized spacial score (nSPS) is 12.1. The highest BCUT2D eigenvalue weighted by molar-refractivity contribution is 5.97. The zero-order chi connectivity index (χ0) is 38.9. The topological polar surface area (TPSA) is 3.24 Å². The molecule has 0 aliphatic rings. The number of hydrogen-bond acceptors (Lipinski definition) is 1. The first-order chi connectivity index (χ1) is 27.9. The summed E-state index contributed by atoms with van der Waals surface area (Å²) in [6.45, 7) is 0. The van der Waals surface area contributed by atoms with Gasteiger partial charge in [-0.3, -0.25) is 0 Å². The molecule has 53 heavy (non-hydrogen) atoms. The van der Waals surface area contributed by atoms with Crippen LogP contribution in [0.15, 0.2) is 224 Å². The summed E-state index contributed by atoms with van der Waals surface area (Å²) >= 11 is 0. The van der Waals surface area contributed by atoms with Crippen LogP contribution in [0.4, 0.5) is 17.1 Å². The number of fused-ring (bicyclic) bond motifs is 1. The monoisotopic (exact) mass is 679 g/mol. The molecule has 0 radical (unpaired) electrons. The Labute approximate surface area is 317 Å². The highest BCUT2D eigenvalue weighted by Gasteiger charge is 2.14. The van der Waals surface area contributed by atoms with E-state index in [0.29, 0.717) is 5.56 Å². The average Bonchev–Trinajstić information content (AvgIpc) is 3.28. The van der Waals surface area contributed by atoms with Crippen molar-refractivity contribution in [3.63, 3.8) is 0 Å². The minimum absolute atomic E-state index is 0.0848. The fraction of sp³-hybridized carbons (Fsp3) is 0. The molecule has 0 unspecified atom stereocenters. The average molecular weight is 680 g/mol. The number of benzene rings is 9. The predicted octanol–water partition coefficient (Wildman–Crippen LogP) is 14.6. The Balaban J connectivity index is 1.13. The molecule has 0 aliphatic heterocycles. The second-order valence-corrected chi connectivity index (χ2v) is 13.1. The molecule has 0 bridgehead atoms. The molecule has 1 heteroatoms. The molecule has 0 heterocycles. The van der Waals surface area contributed by atoms with Crippen LogP contribution in [0.5, 0.6) is 0 Å². The number of rotatable bonds is 8. The van der Waals surface area contributed by atoms with Gasteiger partial charge in [0.15, 0.2) is 0 Å². The Kier molecular flexibility index (Phi) is 7.50. The maximum absolute atomic E-state index is 9.34. The molecule has 0 fully saturated rings. The van der Waals surface area contributed by atoms with Crippen molar-refractivity contribution in [2.75, 3.05) is 4.90 Å². The summed E-state index contributed by atoms with van der Waals surface area (Å²) in [5, 5.41) is 2.40. The highest BCUT2D eigenvalue weighted by atomic mass is 15.1. The minimum Gasteiger partial charge on any atom is -0.311 e. The largest absolute Gasteiger partial charge is 0.311 e. The van der Waals surface area contributed by atoms with E-state index in [1.807, 2.05) is 89.8 Å². The Hall–Kier alpha value is -6.96. The maximum Gasteiger partial charge on any atom is 0.0645 e. The Bertz CT molecular complexity index is 2840. The summed E-state index contributed by atoms with van der Waals surface area (Å²) in [4.78, 5) is 1.84. The Morgan fingerprint density at radius 1 is 0.283 bits per heavy atom. The number of anilines is 3. The lowest BCUT2D eigenvalue weighted by molar-refractivity contribution is 1.28. The Morgan fingerprint density at radius 2 is 0.698 bits per heavy atom. The van der Waals surface area contributed by atoms with Crippen LogP contribution >= 0.6 is 0 Å². The van der Waals surface area contributed by atoms with Crippen LogP contribution in [-0.2, 0) is 0 Å².